The van der Waals surface area contributed by atoms with E-state index in [1.807, 2.05) is 86.9 Å². The minimum Gasteiger partial charge on any atom is -0.346 e. The number of rotatable bonds is 6. The van der Waals surface area contributed by atoms with E-state index in [0.29, 0.717) is 12.4 Å². The van der Waals surface area contributed by atoms with Gasteiger partial charge in [-0.25, -0.2) is 4.98 Å². The lowest BCUT2D eigenvalue weighted by Gasteiger charge is -2.23. The minimum atomic E-state index is -0.503. The van der Waals surface area contributed by atoms with Gasteiger partial charge >= 0.3 is 0 Å². The van der Waals surface area contributed by atoms with Crippen LogP contribution in [0.25, 0.3) is 11.0 Å². The molecule has 0 bridgehead atoms. The number of nitrogens with zero attached hydrogens (tertiary/aromatic N) is 3. The molecule has 1 N–H and O–H groups in total. The zero-order valence-electron chi connectivity index (χ0n) is 18.3. The van der Waals surface area contributed by atoms with Gasteiger partial charge in [0.25, 0.3) is 0 Å². The molecule has 2 aromatic carbocycles. The third-order valence-corrected chi connectivity index (χ3v) is 5.08. The first-order valence-electron chi connectivity index (χ1n) is 10.2. The molecule has 1 atom stereocenters. The van der Waals surface area contributed by atoms with E-state index in [1.54, 1.807) is 11.9 Å². The van der Waals surface area contributed by atoms with Crippen LogP contribution in [-0.2, 0) is 22.7 Å². The number of imidazole rings is 1. The zero-order chi connectivity index (χ0) is 21.9. The molecule has 0 aliphatic carbocycles. The van der Waals surface area contributed by atoms with Crippen LogP contribution in [0.15, 0.2) is 54.6 Å². The highest BCUT2D eigenvalue weighted by Crippen LogP contribution is 2.23. The fourth-order valence-corrected chi connectivity index (χ4v) is 3.27. The lowest BCUT2D eigenvalue weighted by atomic mass is 9.95. The second-order valence-electron chi connectivity index (χ2n) is 8.73. The molecule has 0 saturated carbocycles. The Morgan fingerprint density at radius 2 is 1.70 bits per heavy atom. The average Bonchev–Trinajstić information content (AvgIpc) is 3.06. The van der Waals surface area contributed by atoms with Gasteiger partial charge in [-0.2, -0.15) is 0 Å². The summed E-state index contributed by atoms with van der Waals surface area (Å²) in [5, 5.41) is 3.03. The average molecular weight is 407 g/mol. The third kappa shape index (κ3) is 4.87. The summed E-state index contributed by atoms with van der Waals surface area (Å²) in [5.74, 6) is 0.606. The second-order valence-corrected chi connectivity index (χ2v) is 8.73. The van der Waals surface area contributed by atoms with Gasteiger partial charge in [-0.1, -0.05) is 63.2 Å². The van der Waals surface area contributed by atoms with Crippen LogP contribution in [-0.4, -0.2) is 33.3 Å². The third-order valence-electron chi connectivity index (χ3n) is 5.08. The fourth-order valence-electron chi connectivity index (χ4n) is 3.27. The number of likely N-dealkylation sites (N-methyl/N-ethyl adjacent to an activating group) is 1. The van der Waals surface area contributed by atoms with Gasteiger partial charge in [0.2, 0.25) is 11.8 Å². The molecular formula is C24H30N4O2. The molecule has 0 aliphatic heterocycles. The Labute approximate surface area is 177 Å². The highest BCUT2D eigenvalue weighted by Gasteiger charge is 2.26. The van der Waals surface area contributed by atoms with Crippen molar-refractivity contribution < 1.29 is 9.59 Å². The highest BCUT2D eigenvalue weighted by molar-refractivity contribution is 5.83. The maximum Gasteiger partial charge on any atom is 0.242 e. The minimum absolute atomic E-state index is 0.0161. The molecule has 3 aromatic rings. The first-order valence-corrected chi connectivity index (χ1v) is 10.2. The summed E-state index contributed by atoms with van der Waals surface area (Å²) >= 11 is 0. The normalized spacial score (nSPS) is 12.6. The highest BCUT2D eigenvalue weighted by atomic mass is 16.2. The summed E-state index contributed by atoms with van der Waals surface area (Å²) in [4.78, 5) is 31.9. The van der Waals surface area contributed by atoms with Gasteiger partial charge in [-0.3, -0.25) is 9.59 Å². The van der Waals surface area contributed by atoms with Crippen molar-refractivity contribution in [3.63, 3.8) is 0 Å². The molecule has 1 aromatic heterocycles. The number of carbonyl (C=O) groups excluding carboxylic acids is 2. The Kier molecular flexibility index (Phi) is 6.25. The largest absolute Gasteiger partial charge is 0.346 e. The number of para-hydroxylation sites is 2. The molecule has 30 heavy (non-hydrogen) atoms. The van der Waals surface area contributed by atoms with Crippen molar-refractivity contribution in [2.45, 2.75) is 46.8 Å². The molecule has 1 heterocycles. The molecule has 0 fully saturated rings. The predicted molar refractivity (Wildman–Crippen MR) is 119 cm³/mol. The monoisotopic (exact) mass is 406 g/mol. The Hall–Kier alpha value is -3.15. The van der Waals surface area contributed by atoms with Crippen LogP contribution in [0.4, 0.5) is 0 Å². The van der Waals surface area contributed by atoms with E-state index in [2.05, 4.69) is 5.32 Å². The molecule has 2 amide bonds. The van der Waals surface area contributed by atoms with Crippen LogP contribution < -0.4 is 5.32 Å². The SMILES string of the molecule is CC(NC(=O)C(C)(C)C)c1nc2ccccc2n1CC(=O)N(C)Cc1ccccc1. The molecule has 0 radical (unpaired) electrons. The number of carbonyl (C=O) groups is 2. The van der Waals surface area contributed by atoms with Gasteiger partial charge in [0, 0.05) is 19.0 Å². The number of nitrogens with one attached hydrogen (secondary N) is 1. The number of fused-ring (bicyclic) bond motifs is 1. The van der Waals surface area contributed by atoms with Crippen molar-refractivity contribution in [2.24, 2.45) is 5.41 Å². The van der Waals surface area contributed by atoms with E-state index in [-0.39, 0.29) is 24.4 Å². The summed E-state index contributed by atoms with van der Waals surface area (Å²) in [6.45, 7) is 8.23. The van der Waals surface area contributed by atoms with E-state index in [4.69, 9.17) is 4.98 Å². The summed E-state index contributed by atoms with van der Waals surface area (Å²) in [7, 11) is 1.80. The van der Waals surface area contributed by atoms with Gasteiger partial charge in [0.15, 0.2) is 0 Å². The van der Waals surface area contributed by atoms with E-state index in [9.17, 15) is 9.59 Å². The molecule has 1 unspecified atom stereocenters. The summed E-state index contributed by atoms with van der Waals surface area (Å²) in [5.41, 5.74) is 2.26. The van der Waals surface area contributed by atoms with Crippen molar-refractivity contribution >= 4 is 22.8 Å². The Morgan fingerprint density at radius 3 is 2.37 bits per heavy atom. The summed E-state index contributed by atoms with van der Waals surface area (Å²) < 4.78 is 1.91. The second kappa shape index (κ2) is 8.69. The fraction of sp³-hybridized carbons (Fsp3) is 0.375. The molecule has 3 rings (SSSR count). The molecule has 6 nitrogen and oxygen atoms in total. The lowest BCUT2D eigenvalue weighted by molar-refractivity contribution is -0.131. The molecule has 0 saturated heterocycles. The maximum atomic E-state index is 13.0. The number of hydrogen-bond acceptors (Lipinski definition) is 3. The summed E-state index contributed by atoms with van der Waals surface area (Å²) in [6, 6.07) is 17.3. The van der Waals surface area contributed by atoms with Crippen LogP contribution in [0.2, 0.25) is 0 Å². The van der Waals surface area contributed by atoms with Crippen molar-refractivity contribution in [1.82, 2.24) is 19.8 Å². The number of benzene rings is 2. The van der Waals surface area contributed by atoms with Crippen molar-refractivity contribution in [3.05, 3.63) is 66.0 Å². The van der Waals surface area contributed by atoms with Crippen LogP contribution >= 0.6 is 0 Å². The van der Waals surface area contributed by atoms with Gasteiger partial charge in [-0.15, -0.1) is 0 Å². The smallest absolute Gasteiger partial charge is 0.242 e. The van der Waals surface area contributed by atoms with E-state index in [1.165, 1.54) is 0 Å². The van der Waals surface area contributed by atoms with Crippen molar-refractivity contribution in [2.75, 3.05) is 7.05 Å². The Balaban J connectivity index is 1.86. The van der Waals surface area contributed by atoms with Crippen LogP contribution in [0.3, 0.4) is 0 Å². The van der Waals surface area contributed by atoms with Gasteiger partial charge in [0.05, 0.1) is 17.1 Å². The molecule has 0 aliphatic rings. The molecule has 6 heteroatoms. The Morgan fingerprint density at radius 1 is 1.07 bits per heavy atom. The first kappa shape index (κ1) is 21.6. The zero-order valence-corrected chi connectivity index (χ0v) is 18.3. The van der Waals surface area contributed by atoms with Crippen LogP contribution in [0.1, 0.15) is 45.1 Å². The first-order chi connectivity index (χ1) is 14.2. The maximum absolute atomic E-state index is 13.0. The van der Waals surface area contributed by atoms with E-state index in [0.717, 1.165) is 16.6 Å². The van der Waals surface area contributed by atoms with Crippen LogP contribution in [0, 0.1) is 5.41 Å². The standard InChI is InChI=1S/C24H30N4O2/c1-17(25-23(30)24(2,3)4)22-26-19-13-9-10-14-20(19)28(22)16-21(29)27(5)15-18-11-7-6-8-12-18/h6-14,17H,15-16H2,1-5H3,(H,25,30). The van der Waals surface area contributed by atoms with E-state index >= 15 is 0 Å². The predicted octanol–water partition coefficient (Wildman–Crippen LogP) is 3.92. The number of hydrogen-bond donors (Lipinski definition) is 1. The number of amides is 2. The number of aromatic nitrogens is 2. The topological polar surface area (TPSA) is 67.2 Å². The van der Waals surface area contributed by atoms with Gasteiger partial charge < -0.3 is 14.8 Å². The van der Waals surface area contributed by atoms with Gasteiger partial charge in [0.1, 0.15) is 12.4 Å². The van der Waals surface area contributed by atoms with E-state index < -0.39 is 5.41 Å². The molecule has 158 valence electrons. The Bertz CT molecular complexity index is 1030. The van der Waals surface area contributed by atoms with Crippen LogP contribution in [0.5, 0.6) is 0 Å². The van der Waals surface area contributed by atoms with Crippen molar-refractivity contribution in [3.8, 4) is 0 Å². The molecular weight excluding hydrogens is 376 g/mol. The quantitative estimate of drug-likeness (QED) is 0.675. The van der Waals surface area contributed by atoms with Crippen molar-refractivity contribution in [1.29, 1.82) is 0 Å². The summed E-state index contributed by atoms with van der Waals surface area (Å²) in [6.07, 6.45) is 0. The van der Waals surface area contributed by atoms with Gasteiger partial charge in [-0.05, 0) is 24.6 Å². The molecule has 0 spiro atoms. The lowest BCUT2D eigenvalue weighted by Crippen LogP contribution is -2.38.